The van der Waals surface area contributed by atoms with Gasteiger partial charge >= 0.3 is 5.97 Å². The Labute approximate surface area is 157 Å². The van der Waals surface area contributed by atoms with Crippen molar-refractivity contribution in [1.29, 1.82) is 0 Å². The molecular weight excluding hydrogens is 324 g/mol. The molecule has 0 aromatic heterocycles. The van der Waals surface area contributed by atoms with Crippen molar-refractivity contribution >= 4 is 5.97 Å². The third-order valence-electron chi connectivity index (χ3n) is 9.93. The Kier molecular flexibility index (Phi) is 3.72. The van der Waals surface area contributed by atoms with Gasteiger partial charge in [0.2, 0.25) is 0 Å². The van der Waals surface area contributed by atoms with Crippen molar-refractivity contribution in [2.75, 3.05) is 6.61 Å². The van der Waals surface area contributed by atoms with Gasteiger partial charge in [0, 0.05) is 17.1 Å². The van der Waals surface area contributed by atoms with Crippen LogP contribution in [0.2, 0.25) is 0 Å². The third-order valence-corrected chi connectivity index (χ3v) is 9.93. The highest BCUT2D eigenvalue weighted by atomic mass is 16.5. The van der Waals surface area contributed by atoms with Crippen LogP contribution in [0.25, 0.3) is 0 Å². The number of hydrogen-bond acceptors (Lipinski definition) is 3. The number of carbonyl (C=O) groups is 1. The summed E-state index contributed by atoms with van der Waals surface area (Å²) >= 11 is 0. The number of fused-ring (bicyclic) bond motifs is 5. The minimum atomic E-state index is -0.834. The van der Waals surface area contributed by atoms with Crippen molar-refractivity contribution in [2.45, 2.75) is 83.7 Å². The average Bonchev–Trinajstić information content (AvgIpc) is 3.17. The first-order valence-corrected chi connectivity index (χ1v) is 11.0. The summed E-state index contributed by atoms with van der Waals surface area (Å²) in [5.41, 5.74) is 0.461. The molecule has 1 N–H and O–H groups in total. The molecule has 0 spiro atoms. The molecule has 0 aromatic rings. The lowest BCUT2D eigenvalue weighted by atomic mass is 9.44. The van der Waals surface area contributed by atoms with Gasteiger partial charge in [0.25, 0.3) is 0 Å². The number of ether oxygens (including phenoxy) is 1. The van der Waals surface area contributed by atoms with E-state index in [9.17, 15) is 9.90 Å². The Hall–Kier alpha value is -0.830. The third kappa shape index (κ3) is 2.07. The van der Waals surface area contributed by atoms with Crippen LogP contribution < -0.4 is 0 Å². The summed E-state index contributed by atoms with van der Waals surface area (Å²) in [5, 5.41) is 11.7. The van der Waals surface area contributed by atoms with Crippen LogP contribution >= 0.6 is 0 Å². The van der Waals surface area contributed by atoms with Gasteiger partial charge in [-0.15, -0.1) is 0 Å². The molecule has 5 rings (SSSR count). The van der Waals surface area contributed by atoms with Gasteiger partial charge in [-0.1, -0.05) is 26.7 Å². The quantitative estimate of drug-likeness (QED) is 0.695. The normalized spacial score (nSPS) is 53.3. The number of aliphatic hydroxyl groups is 1. The highest BCUT2D eigenvalue weighted by molar-refractivity contribution is 5.85. The fourth-order valence-electron chi connectivity index (χ4n) is 8.45. The molecule has 1 heterocycles. The van der Waals surface area contributed by atoms with E-state index in [4.69, 9.17) is 4.74 Å². The number of carbonyl (C=O) groups excluding carboxylic acids is 1. The lowest BCUT2D eigenvalue weighted by Crippen LogP contribution is -2.56. The fraction of sp³-hybridized carbons (Fsp3) is 0.870. The first-order chi connectivity index (χ1) is 12.4. The van der Waals surface area contributed by atoms with Crippen molar-refractivity contribution in [2.24, 2.45) is 34.5 Å². The molecule has 4 fully saturated rings. The Morgan fingerprint density at radius 2 is 1.81 bits per heavy atom. The number of cyclic esters (lactones) is 1. The maximum absolute atomic E-state index is 11.7. The standard InChI is InChI=1S/C23H34O3/c1-21-10-4-3-5-15(21)6-7-17-18(21)8-11-22(2)19(17)9-12-23(22,25)16-13-20(24)26-14-16/h13,15,17-19,25H,3-12,14H2,1-2H3/t15?,17-,18+,19-,21+,22+,23+/m1/s1. The summed E-state index contributed by atoms with van der Waals surface area (Å²) in [5.74, 6) is 2.87. The molecule has 0 radical (unpaired) electrons. The van der Waals surface area contributed by atoms with E-state index in [2.05, 4.69) is 13.8 Å². The van der Waals surface area contributed by atoms with Crippen molar-refractivity contribution in [3.05, 3.63) is 11.6 Å². The zero-order valence-electron chi connectivity index (χ0n) is 16.4. The summed E-state index contributed by atoms with van der Waals surface area (Å²) < 4.78 is 5.17. The first-order valence-electron chi connectivity index (χ1n) is 11.0. The Morgan fingerprint density at radius 3 is 2.58 bits per heavy atom. The van der Waals surface area contributed by atoms with Crippen molar-refractivity contribution < 1.29 is 14.6 Å². The Balaban J connectivity index is 1.47. The van der Waals surface area contributed by atoms with Gasteiger partial charge in [-0.2, -0.15) is 0 Å². The number of esters is 1. The summed E-state index contributed by atoms with van der Waals surface area (Å²) in [6.07, 6.45) is 14.3. The van der Waals surface area contributed by atoms with Crippen molar-refractivity contribution in [1.82, 2.24) is 0 Å². The van der Waals surface area contributed by atoms with Crippen LogP contribution in [0.4, 0.5) is 0 Å². The van der Waals surface area contributed by atoms with Gasteiger partial charge in [0.15, 0.2) is 0 Å². The van der Waals surface area contributed by atoms with E-state index in [1.807, 2.05) is 0 Å². The minimum absolute atomic E-state index is 0.0914. The van der Waals surface area contributed by atoms with E-state index < -0.39 is 5.60 Å². The number of rotatable bonds is 1. The van der Waals surface area contributed by atoms with Gasteiger partial charge in [0.05, 0.1) is 5.60 Å². The SMILES string of the molecule is C[C@]12CCCCC1CC[C@H]1[C@H]3CC[C@](O)(C4=CC(=O)OC4)[C@@]3(C)CC[C@@H]12. The molecule has 4 saturated carbocycles. The molecule has 4 aliphatic carbocycles. The van der Waals surface area contributed by atoms with Gasteiger partial charge in [0.1, 0.15) is 6.61 Å². The van der Waals surface area contributed by atoms with Crippen molar-refractivity contribution in [3.8, 4) is 0 Å². The molecule has 0 saturated heterocycles. The maximum atomic E-state index is 11.7. The second-order valence-corrected chi connectivity index (χ2v) is 10.5. The lowest BCUT2D eigenvalue weighted by Gasteiger charge is -2.61. The molecule has 1 aliphatic heterocycles. The van der Waals surface area contributed by atoms with E-state index in [0.717, 1.165) is 42.6 Å². The molecule has 3 heteroatoms. The van der Waals surface area contributed by atoms with Crippen LogP contribution in [0, 0.1) is 34.5 Å². The molecule has 0 aromatic carbocycles. The van der Waals surface area contributed by atoms with Crippen LogP contribution in [0.1, 0.15) is 78.1 Å². The van der Waals surface area contributed by atoms with Gasteiger partial charge < -0.3 is 9.84 Å². The first kappa shape index (κ1) is 17.3. The van der Waals surface area contributed by atoms with Crippen LogP contribution in [-0.4, -0.2) is 23.3 Å². The molecule has 5 aliphatic rings. The lowest BCUT2D eigenvalue weighted by molar-refractivity contribution is -0.142. The Morgan fingerprint density at radius 1 is 1.00 bits per heavy atom. The average molecular weight is 359 g/mol. The van der Waals surface area contributed by atoms with E-state index >= 15 is 0 Å². The summed E-state index contributed by atoms with van der Waals surface area (Å²) in [4.78, 5) is 11.6. The topological polar surface area (TPSA) is 46.5 Å². The van der Waals surface area contributed by atoms with Gasteiger partial charge in [-0.05, 0) is 80.5 Å². The predicted molar refractivity (Wildman–Crippen MR) is 100 cm³/mol. The fourth-order valence-corrected chi connectivity index (χ4v) is 8.45. The second kappa shape index (κ2) is 5.59. The Bertz CT molecular complexity index is 654. The van der Waals surface area contributed by atoms with E-state index in [-0.39, 0.29) is 11.4 Å². The predicted octanol–water partition coefficient (Wildman–Crippen LogP) is 4.63. The zero-order chi connectivity index (χ0) is 18.2. The molecule has 26 heavy (non-hydrogen) atoms. The van der Waals surface area contributed by atoms with Crippen LogP contribution in [0.5, 0.6) is 0 Å². The maximum Gasteiger partial charge on any atom is 0.331 e. The summed E-state index contributed by atoms with van der Waals surface area (Å²) in [6.45, 7) is 5.22. The summed E-state index contributed by atoms with van der Waals surface area (Å²) in [6, 6.07) is 0. The minimum Gasteiger partial charge on any atom is -0.458 e. The molecule has 3 nitrogen and oxygen atoms in total. The van der Waals surface area contributed by atoms with E-state index in [1.165, 1.54) is 44.9 Å². The van der Waals surface area contributed by atoms with Crippen LogP contribution in [0.15, 0.2) is 11.6 Å². The highest BCUT2D eigenvalue weighted by Crippen LogP contribution is 2.69. The van der Waals surface area contributed by atoms with Crippen LogP contribution in [0.3, 0.4) is 0 Å². The monoisotopic (exact) mass is 358 g/mol. The summed E-state index contributed by atoms with van der Waals surface area (Å²) in [7, 11) is 0. The van der Waals surface area contributed by atoms with Crippen molar-refractivity contribution in [3.63, 3.8) is 0 Å². The molecule has 7 atom stereocenters. The molecular formula is C23H34O3. The zero-order valence-corrected chi connectivity index (χ0v) is 16.4. The highest BCUT2D eigenvalue weighted by Gasteiger charge is 2.65. The smallest absolute Gasteiger partial charge is 0.331 e. The van der Waals surface area contributed by atoms with Gasteiger partial charge in [-0.3, -0.25) is 0 Å². The second-order valence-electron chi connectivity index (χ2n) is 10.5. The largest absolute Gasteiger partial charge is 0.458 e. The van der Waals surface area contributed by atoms with E-state index in [1.54, 1.807) is 6.08 Å². The molecule has 0 amide bonds. The number of hydrogen-bond donors (Lipinski definition) is 1. The van der Waals surface area contributed by atoms with E-state index in [0.29, 0.717) is 17.9 Å². The molecule has 0 bridgehead atoms. The van der Waals surface area contributed by atoms with Crippen LogP contribution in [-0.2, 0) is 9.53 Å². The van der Waals surface area contributed by atoms with Gasteiger partial charge in [-0.25, -0.2) is 4.79 Å². The molecule has 1 unspecified atom stereocenters. The molecule has 144 valence electrons.